The number of piperidine rings is 1. The zero-order valence-corrected chi connectivity index (χ0v) is 10.3. The van der Waals surface area contributed by atoms with Crippen molar-refractivity contribution in [3.63, 3.8) is 0 Å². The fraction of sp³-hybridized carbons (Fsp3) is 0.538. The Morgan fingerprint density at radius 3 is 2.56 bits per heavy atom. The normalized spacial score (nSPS) is 30.7. The van der Waals surface area contributed by atoms with E-state index in [1.807, 2.05) is 18.2 Å². The Morgan fingerprint density at radius 2 is 1.83 bits per heavy atom. The highest BCUT2D eigenvalue weighted by Crippen LogP contribution is 2.25. The van der Waals surface area contributed by atoms with Crippen molar-refractivity contribution in [2.24, 2.45) is 0 Å². The Balaban J connectivity index is 1.78. The van der Waals surface area contributed by atoms with Crippen LogP contribution >= 0.6 is 0 Å². The van der Waals surface area contributed by atoms with E-state index in [1.54, 1.807) is 0 Å². The van der Waals surface area contributed by atoms with Crippen molar-refractivity contribution in [2.75, 3.05) is 13.1 Å². The van der Waals surface area contributed by atoms with Crippen molar-refractivity contribution in [3.05, 3.63) is 35.9 Å². The lowest BCUT2D eigenvalue weighted by Crippen LogP contribution is -2.48. The molecule has 5 nitrogen and oxygen atoms in total. The van der Waals surface area contributed by atoms with Gasteiger partial charge in [0.15, 0.2) is 6.35 Å². The highest BCUT2D eigenvalue weighted by molar-refractivity contribution is 5.19. The van der Waals surface area contributed by atoms with Gasteiger partial charge in [-0.1, -0.05) is 30.3 Å². The number of hydrogen-bond donors (Lipinski definition) is 4. The molecule has 98 valence electrons. The van der Waals surface area contributed by atoms with Gasteiger partial charge < -0.3 is 10.4 Å². The van der Waals surface area contributed by atoms with Crippen LogP contribution < -0.4 is 16.1 Å². The first-order valence-electron chi connectivity index (χ1n) is 6.59. The van der Waals surface area contributed by atoms with Crippen molar-refractivity contribution < 1.29 is 5.11 Å². The Kier molecular flexibility index (Phi) is 3.58. The molecule has 3 rings (SSSR count). The number of rotatable bonds is 2. The number of nitrogens with one attached hydrogen (secondary N) is 3. The van der Waals surface area contributed by atoms with E-state index in [0.29, 0.717) is 6.04 Å². The molecule has 2 heterocycles. The van der Waals surface area contributed by atoms with E-state index in [1.165, 1.54) is 5.56 Å². The summed E-state index contributed by atoms with van der Waals surface area (Å²) in [5.74, 6) is 0. The van der Waals surface area contributed by atoms with Crippen LogP contribution in [0.15, 0.2) is 30.3 Å². The van der Waals surface area contributed by atoms with Crippen LogP contribution in [-0.2, 0) is 0 Å². The second-order valence-corrected chi connectivity index (χ2v) is 4.90. The fourth-order valence-corrected chi connectivity index (χ4v) is 2.78. The quantitative estimate of drug-likeness (QED) is 0.599. The zero-order chi connectivity index (χ0) is 12.4. The average Bonchev–Trinajstić information content (AvgIpc) is 2.83. The summed E-state index contributed by atoms with van der Waals surface area (Å²) in [5, 5.41) is 18.5. The minimum Gasteiger partial charge on any atom is -0.364 e. The lowest BCUT2D eigenvalue weighted by Gasteiger charge is -2.34. The van der Waals surface area contributed by atoms with Gasteiger partial charge in [0.1, 0.15) is 6.17 Å². The molecule has 2 aliphatic rings. The molecule has 2 atom stereocenters. The lowest BCUT2D eigenvalue weighted by molar-refractivity contribution is 0.0507. The van der Waals surface area contributed by atoms with Gasteiger partial charge >= 0.3 is 0 Å². The summed E-state index contributed by atoms with van der Waals surface area (Å²) in [6.45, 7) is 2.08. The number of aliphatic hydroxyl groups is 1. The monoisotopic (exact) mass is 248 g/mol. The molecule has 2 fully saturated rings. The van der Waals surface area contributed by atoms with Crippen LogP contribution in [0.3, 0.4) is 0 Å². The molecule has 1 aromatic carbocycles. The Hall–Kier alpha value is -0.980. The van der Waals surface area contributed by atoms with Gasteiger partial charge in [-0.05, 0) is 31.5 Å². The summed E-state index contributed by atoms with van der Waals surface area (Å²) in [4.78, 5) is 0. The first kappa shape index (κ1) is 12.1. The third-order valence-electron chi connectivity index (χ3n) is 3.68. The lowest BCUT2D eigenvalue weighted by atomic mass is 10.0. The molecule has 4 N–H and O–H groups in total. The van der Waals surface area contributed by atoms with Crippen LogP contribution in [-0.4, -0.2) is 35.6 Å². The smallest absolute Gasteiger partial charge is 0.174 e. The van der Waals surface area contributed by atoms with Gasteiger partial charge in [0.2, 0.25) is 0 Å². The fourth-order valence-electron chi connectivity index (χ4n) is 2.78. The van der Waals surface area contributed by atoms with E-state index in [9.17, 15) is 5.11 Å². The third-order valence-corrected chi connectivity index (χ3v) is 3.68. The maximum Gasteiger partial charge on any atom is 0.174 e. The highest BCUT2D eigenvalue weighted by Gasteiger charge is 2.35. The molecule has 1 aromatic rings. The SMILES string of the molecule is OC1NC(c2ccccc2)N(C2CCNCC2)N1. The second kappa shape index (κ2) is 5.34. The van der Waals surface area contributed by atoms with Gasteiger partial charge in [0, 0.05) is 6.04 Å². The summed E-state index contributed by atoms with van der Waals surface area (Å²) in [6.07, 6.45) is 1.59. The van der Waals surface area contributed by atoms with Crippen molar-refractivity contribution >= 4 is 0 Å². The van der Waals surface area contributed by atoms with E-state index < -0.39 is 6.35 Å². The van der Waals surface area contributed by atoms with E-state index >= 15 is 0 Å². The van der Waals surface area contributed by atoms with Crippen LogP contribution in [0.1, 0.15) is 24.6 Å². The molecule has 2 aliphatic heterocycles. The molecular weight excluding hydrogens is 228 g/mol. The molecule has 0 amide bonds. The number of benzene rings is 1. The Morgan fingerprint density at radius 1 is 1.11 bits per heavy atom. The van der Waals surface area contributed by atoms with Gasteiger partial charge in [-0.15, -0.1) is 0 Å². The largest absolute Gasteiger partial charge is 0.364 e. The van der Waals surface area contributed by atoms with E-state index in [2.05, 4.69) is 33.2 Å². The summed E-state index contributed by atoms with van der Waals surface area (Å²) in [7, 11) is 0. The Labute approximate surface area is 107 Å². The minimum absolute atomic E-state index is 0.0456. The predicted molar refractivity (Wildman–Crippen MR) is 69.2 cm³/mol. The topological polar surface area (TPSA) is 59.6 Å². The molecular formula is C13H20N4O. The molecule has 18 heavy (non-hydrogen) atoms. The Bertz CT molecular complexity index is 380. The maximum absolute atomic E-state index is 9.78. The molecule has 5 heteroatoms. The van der Waals surface area contributed by atoms with E-state index in [0.717, 1.165) is 25.9 Å². The first-order chi connectivity index (χ1) is 8.84. The summed E-state index contributed by atoms with van der Waals surface area (Å²) < 4.78 is 0. The van der Waals surface area contributed by atoms with E-state index in [-0.39, 0.29) is 6.17 Å². The summed E-state index contributed by atoms with van der Waals surface area (Å²) in [6, 6.07) is 10.7. The van der Waals surface area contributed by atoms with Crippen molar-refractivity contribution in [1.29, 1.82) is 0 Å². The van der Waals surface area contributed by atoms with Gasteiger partial charge in [-0.25, -0.2) is 10.4 Å². The molecule has 0 radical (unpaired) electrons. The number of aliphatic hydroxyl groups excluding tert-OH is 1. The van der Waals surface area contributed by atoms with Crippen LogP contribution in [0.25, 0.3) is 0 Å². The molecule has 0 spiro atoms. The van der Waals surface area contributed by atoms with Gasteiger partial charge in [0.25, 0.3) is 0 Å². The average molecular weight is 248 g/mol. The third kappa shape index (κ3) is 2.41. The predicted octanol–water partition coefficient (Wildman–Crippen LogP) is 0.123. The molecule has 0 aliphatic carbocycles. The molecule has 0 saturated carbocycles. The molecule has 0 bridgehead atoms. The highest BCUT2D eigenvalue weighted by atomic mass is 16.3. The van der Waals surface area contributed by atoms with Crippen molar-refractivity contribution in [3.8, 4) is 0 Å². The molecule has 2 unspecified atom stereocenters. The number of nitrogens with zero attached hydrogens (tertiary/aromatic N) is 1. The van der Waals surface area contributed by atoms with Crippen LogP contribution in [0.5, 0.6) is 0 Å². The van der Waals surface area contributed by atoms with Gasteiger partial charge in [-0.3, -0.25) is 5.32 Å². The van der Waals surface area contributed by atoms with Crippen LogP contribution in [0, 0.1) is 0 Å². The number of hydrogen-bond acceptors (Lipinski definition) is 5. The maximum atomic E-state index is 9.78. The minimum atomic E-state index is -0.662. The van der Waals surface area contributed by atoms with Crippen LogP contribution in [0.2, 0.25) is 0 Å². The summed E-state index contributed by atoms with van der Waals surface area (Å²) in [5.41, 5.74) is 4.30. The van der Waals surface area contributed by atoms with Gasteiger partial charge in [0.05, 0.1) is 0 Å². The van der Waals surface area contributed by atoms with Crippen LogP contribution in [0.4, 0.5) is 0 Å². The molecule has 2 saturated heterocycles. The summed E-state index contributed by atoms with van der Waals surface area (Å²) >= 11 is 0. The number of hydrazine groups is 1. The first-order valence-corrected chi connectivity index (χ1v) is 6.59. The van der Waals surface area contributed by atoms with Crippen molar-refractivity contribution in [2.45, 2.75) is 31.4 Å². The zero-order valence-electron chi connectivity index (χ0n) is 10.3. The van der Waals surface area contributed by atoms with E-state index in [4.69, 9.17) is 0 Å². The second-order valence-electron chi connectivity index (χ2n) is 4.90. The standard InChI is InChI=1S/C13H20N4O/c18-13-15-12(10-4-2-1-3-5-10)17(16-13)11-6-8-14-9-7-11/h1-5,11-16,18H,6-9H2. The molecule has 0 aromatic heterocycles. The van der Waals surface area contributed by atoms with Gasteiger partial charge in [-0.2, -0.15) is 0 Å². The van der Waals surface area contributed by atoms with Crippen molar-refractivity contribution in [1.82, 2.24) is 21.1 Å².